The van der Waals surface area contributed by atoms with Crippen molar-refractivity contribution < 1.29 is 31.5 Å². The van der Waals surface area contributed by atoms with Crippen molar-refractivity contribution in [3.8, 4) is 5.75 Å². The number of hydrogen-bond acceptors (Lipinski definition) is 7. The fourth-order valence-corrected chi connectivity index (χ4v) is 5.30. The van der Waals surface area contributed by atoms with Crippen LogP contribution >= 0.6 is 22.6 Å². The average molecular weight is 619 g/mol. The monoisotopic (exact) mass is 619 g/mol. The summed E-state index contributed by atoms with van der Waals surface area (Å²) in [6, 6.07) is 6.32. The van der Waals surface area contributed by atoms with E-state index in [-0.39, 0.29) is 54.0 Å². The summed E-state index contributed by atoms with van der Waals surface area (Å²) in [6.07, 6.45) is 1.82. The number of nitrogens with zero attached hydrogens (tertiary/aromatic N) is 2. The number of sulfonamides is 1. The minimum atomic E-state index is -3.84. The van der Waals surface area contributed by atoms with Crippen molar-refractivity contribution >= 4 is 49.9 Å². The standard InChI is InChI=1S/C21H20F2IN5O5S/c22-12-5-17(28-16-2-1-13(24)7-15(16)23)20(21(25)30)18(6-12)34-10-14-9-29(3-4-33-14)35(31,32)19-8-26-11-27-19/h1-2,5-8,11,14,28H,3-4,9-10H2,(H2,25,30)(H,26,27). The van der Waals surface area contributed by atoms with Crippen LogP contribution in [0, 0.1) is 15.2 Å². The highest BCUT2D eigenvalue weighted by Gasteiger charge is 2.32. The Morgan fingerprint density at radius 1 is 1.31 bits per heavy atom. The zero-order valence-electron chi connectivity index (χ0n) is 18.0. The van der Waals surface area contributed by atoms with Crippen LogP contribution in [0.5, 0.6) is 5.75 Å². The maximum absolute atomic E-state index is 14.4. The van der Waals surface area contributed by atoms with Gasteiger partial charge in [0, 0.05) is 28.9 Å². The highest BCUT2D eigenvalue weighted by molar-refractivity contribution is 14.1. The molecule has 0 radical (unpaired) electrons. The fraction of sp³-hybridized carbons (Fsp3) is 0.238. The maximum Gasteiger partial charge on any atom is 0.262 e. The predicted molar refractivity (Wildman–Crippen MR) is 130 cm³/mol. The van der Waals surface area contributed by atoms with Crippen LogP contribution in [0.15, 0.2) is 47.9 Å². The first kappa shape index (κ1) is 25.3. The third-order valence-corrected chi connectivity index (χ3v) is 7.55. The van der Waals surface area contributed by atoms with Crippen molar-refractivity contribution in [2.45, 2.75) is 11.1 Å². The van der Waals surface area contributed by atoms with Crippen molar-refractivity contribution in [2.24, 2.45) is 5.73 Å². The number of primary amides is 1. The Balaban J connectivity index is 1.53. The minimum absolute atomic E-state index is 0.0132. The van der Waals surface area contributed by atoms with Crippen molar-refractivity contribution in [3.63, 3.8) is 0 Å². The molecule has 1 atom stereocenters. The largest absolute Gasteiger partial charge is 0.490 e. The molecule has 0 bridgehead atoms. The predicted octanol–water partition coefficient (Wildman–Crippen LogP) is 2.60. The van der Waals surface area contributed by atoms with Gasteiger partial charge in [-0.15, -0.1) is 0 Å². The molecule has 2 aromatic carbocycles. The second-order valence-electron chi connectivity index (χ2n) is 7.51. The quantitative estimate of drug-likeness (QED) is 0.330. The molecule has 1 aliphatic heterocycles. The Kier molecular flexibility index (Phi) is 7.53. The maximum atomic E-state index is 14.4. The van der Waals surface area contributed by atoms with Crippen LogP contribution in [0.4, 0.5) is 20.2 Å². The van der Waals surface area contributed by atoms with Crippen LogP contribution in [-0.2, 0) is 14.8 Å². The molecule has 4 N–H and O–H groups in total. The molecule has 186 valence electrons. The number of benzene rings is 2. The van der Waals surface area contributed by atoms with Gasteiger partial charge in [-0.05, 0) is 46.9 Å². The van der Waals surface area contributed by atoms with E-state index < -0.39 is 33.7 Å². The number of carbonyl (C=O) groups excluding carboxylic acids is 1. The van der Waals surface area contributed by atoms with Gasteiger partial charge in [0.15, 0.2) is 5.03 Å². The lowest BCUT2D eigenvalue weighted by Gasteiger charge is -2.31. The highest BCUT2D eigenvalue weighted by Crippen LogP contribution is 2.32. The summed E-state index contributed by atoms with van der Waals surface area (Å²) in [6.45, 7) is -0.0285. The number of hydrogen-bond donors (Lipinski definition) is 3. The van der Waals surface area contributed by atoms with Crippen molar-refractivity contribution in [1.82, 2.24) is 14.3 Å². The SMILES string of the molecule is NC(=O)c1c(Nc2ccc(I)cc2F)cc(F)cc1OCC1CN(S(=O)(=O)c2c[nH]cn2)CCO1. The molecule has 1 unspecified atom stereocenters. The Labute approximate surface area is 213 Å². The average Bonchev–Trinajstić information content (AvgIpc) is 3.35. The number of nitrogens with two attached hydrogens (primary N) is 1. The van der Waals surface area contributed by atoms with Gasteiger partial charge in [-0.2, -0.15) is 4.31 Å². The molecule has 2 heterocycles. The van der Waals surface area contributed by atoms with E-state index in [0.29, 0.717) is 3.57 Å². The number of imidazole rings is 1. The summed E-state index contributed by atoms with van der Waals surface area (Å²) in [4.78, 5) is 18.6. The van der Waals surface area contributed by atoms with E-state index in [1.807, 2.05) is 22.6 Å². The Hall–Kier alpha value is -2.82. The normalized spacial score (nSPS) is 16.7. The van der Waals surface area contributed by atoms with Gasteiger partial charge in [0.05, 0.1) is 24.3 Å². The second kappa shape index (κ2) is 10.4. The lowest BCUT2D eigenvalue weighted by atomic mass is 10.1. The van der Waals surface area contributed by atoms with Crippen LogP contribution in [0.3, 0.4) is 0 Å². The number of aromatic nitrogens is 2. The van der Waals surface area contributed by atoms with Crippen LogP contribution in [0.25, 0.3) is 0 Å². The molecule has 0 aliphatic carbocycles. The Bertz CT molecular complexity index is 1340. The minimum Gasteiger partial charge on any atom is -0.490 e. The first-order chi connectivity index (χ1) is 16.6. The number of H-pyrrole nitrogens is 1. The van der Waals surface area contributed by atoms with E-state index in [4.69, 9.17) is 15.2 Å². The second-order valence-corrected chi connectivity index (χ2v) is 10.6. The first-order valence-corrected chi connectivity index (χ1v) is 12.8. The van der Waals surface area contributed by atoms with Crippen molar-refractivity contribution in [1.29, 1.82) is 0 Å². The van der Waals surface area contributed by atoms with Crippen molar-refractivity contribution in [3.05, 3.63) is 63.6 Å². The molecule has 4 rings (SSSR count). The van der Waals surface area contributed by atoms with Crippen LogP contribution in [0.2, 0.25) is 0 Å². The van der Waals surface area contributed by atoms with Crippen LogP contribution in [0.1, 0.15) is 10.4 Å². The van der Waals surface area contributed by atoms with Gasteiger partial charge < -0.3 is 25.5 Å². The van der Waals surface area contributed by atoms with Gasteiger partial charge >= 0.3 is 0 Å². The number of anilines is 2. The Morgan fingerprint density at radius 3 is 2.80 bits per heavy atom. The number of carbonyl (C=O) groups is 1. The van der Waals surface area contributed by atoms with E-state index in [1.165, 1.54) is 29.0 Å². The molecule has 1 saturated heterocycles. The molecule has 35 heavy (non-hydrogen) atoms. The van der Waals surface area contributed by atoms with E-state index in [0.717, 1.165) is 12.1 Å². The molecule has 1 aromatic heterocycles. The van der Waals surface area contributed by atoms with E-state index in [1.54, 1.807) is 6.07 Å². The van der Waals surface area contributed by atoms with E-state index in [2.05, 4.69) is 15.3 Å². The molecule has 1 aliphatic rings. The van der Waals surface area contributed by atoms with Gasteiger partial charge in [-0.3, -0.25) is 4.79 Å². The number of ether oxygens (including phenoxy) is 2. The van der Waals surface area contributed by atoms with E-state index in [9.17, 15) is 22.0 Å². The summed E-state index contributed by atoms with van der Waals surface area (Å²) in [5, 5.41) is 2.56. The topological polar surface area (TPSA) is 140 Å². The molecule has 1 fully saturated rings. The molecular formula is C21H20F2IN5O5S. The van der Waals surface area contributed by atoms with Gasteiger partial charge in [0.25, 0.3) is 15.9 Å². The van der Waals surface area contributed by atoms with Gasteiger partial charge in [-0.25, -0.2) is 22.2 Å². The zero-order chi connectivity index (χ0) is 25.2. The third-order valence-electron chi connectivity index (χ3n) is 5.12. The number of rotatable bonds is 8. The summed E-state index contributed by atoms with van der Waals surface area (Å²) in [7, 11) is -3.84. The molecule has 3 aromatic rings. The number of halogens is 3. The van der Waals surface area contributed by atoms with Gasteiger partial charge in [0.1, 0.15) is 35.7 Å². The third kappa shape index (κ3) is 5.71. The number of amides is 1. The summed E-state index contributed by atoms with van der Waals surface area (Å²) in [5.74, 6) is -2.49. The lowest BCUT2D eigenvalue weighted by Crippen LogP contribution is -2.47. The summed E-state index contributed by atoms with van der Waals surface area (Å²) < 4.78 is 67.2. The Morgan fingerprint density at radius 2 is 2.11 bits per heavy atom. The smallest absolute Gasteiger partial charge is 0.262 e. The zero-order valence-corrected chi connectivity index (χ0v) is 21.0. The molecule has 10 nitrogen and oxygen atoms in total. The van der Waals surface area contributed by atoms with Crippen LogP contribution < -0.4 is 15.8 Å². The number of morpholine rings is 1. The molecular weight excluding hydrogens is 599 g/mol. The van der Waals surface area contributed by atoms with Gasteiger partial charge in [0.2, 0.25) is 0 Å². The molecule has 14 heteroatoms. The van der Waals surface area contributed by atoms with Gasteiger partial charge in [-0.1, -0.05) is 0 Å². The molecule has 0 spiro atoms. The van der Waals surface area contributed by atoms with Crippen molar-refractivity contribution in [2.75, 3.05) is 31.6 Å². The van der Waals surface area contributed by atoms with Crippen LogP contribution in [-0.4, -0.2) is 61.0 Å². The summed E-state index contributed by atoms with van der Waals surface area (Å²) in [5.41, 5.74) is 5.25. The lowest BCUT2D eigenvalue weighted by molar-refractivity contribution is -0.0251. The molecule has 0 saturated carbocycles. The number of nitrogens with one attached hydrogen (secondary N) is 2. The highest BCUT2D eigenvalue weighted by atomic mass is 127. The summed E-state index contributed by atoms with van der Waals surface area (Å²) >= 11 is 1.94. The van der Waals surface area contributed by atoms with E-state index >= 15 is 0 Å². The first-order valence-electron chi connectivity index (χ1n) is 10.2. The fourth-order valence-electron chi connectivity index (χ4n) is 3.50. The number of aromatic amines is 1. The molecule has 1 amide bonds.